The maximum Gasteiger partial charge on any atom is 0.294 e. The summed E-state index contributed by atoms with van der Waals surface area (Å²) in [4.78, 5) is 20.3. The molecule has 0 aliphatic heterocycles. The quantitative estimate of drug-likeness (QED) is 0.116. The molecule has 0 radical (unpaired) electrons. The molecule has 11 heteroatoms. The van der Waals surface area contributed by atoms with E-state index in [0.717, 1.165) is 39.0 Å². The zero-order valence-electron chi connectivity index (χ0n) is 23.1. The number of nitrogens with zero attached hydrogens (tertiary/aromatic N) is 2. The number of aryl methyl sites for hydroxylation is 1. The average molecular weight is 619 g/mol. The van der Waals surface area contributed by atoms with Crippen molar-refractivity contribution in [2.75, 3.05) is 10.6 Å². The summed E-state index contributed by atoms with van der Waals surface area (Å²) in [5.74, 6) is 0.285. The van der Waals surface area contributed by atoms with E-state index in [1.54, 1.807) is 24.3 Å². The molecule has 0 aliphatic rings. The highest BCUT2D eigenvalue weighted by molar-refractivity contribution is 7.85. The Morgan fingerprint density at radius 2 is 1.77 bits per heavy atom. The number of hydrogen-bond donors (Lipinski definition) is 3. The van der Waals surface area contributed by atoms with Gasteiger partial charge in [-0.2, -0.15) is 8.42 Å². The number of anilines is 3. The second-order valence-corrected chi connectivity index (χ2v) is 11.3. The standard InChI is InChI=1S/C25H20ClFN4O.C7H8O3S/c1-2-20(32)11-16-6-8-23-21(12-16)25(30-15-29-23)31-19-7-9-24(22(26)13-19)28-14-17-4-3-5-18(27)10-17;1-6-2-4-7(5-3-6)11(8,9)10/h2-10,12-13,15,28H,1,11,14H2,(H,29,30,31);2-5H,1H3,(H,8,9,10). The first kappa shape index (κ1) is 31.3. The van der Waals surface area contributed by atoms with Crippen molar-refractivity contribution in [3.63, 3.8) is 0 Å². The minimum Gasteiger partial charge on any atom is -0.380 e. The average Bonchev–Trinajstić information content (AvgIpc) is 2.97. The third-order valence-electron chi connectivity index (χ3n) is 6.23. The van der Waals surface area contributed by atoms with Crippen molar-refractivity contribution in [2.24, 2.45) is 0 Å². The van der Waals surface area contributed by atoms with Crippen molar-refractivity contribution in [3.8, 4) is 0 Å². The van der Waals surface area contributed by atoms with Crippen LogP contribution in [0.25, 0.3) is 10.9 Å². The van der Waals surface area contributed by atoms with Gasteiger partial charge in [0.15, 0.2) is 5.78 Å². The third kappa shape index (κ3) is 8.92. The minimum atomic E-state index is -4.02. The van der Waals surface area contributed by atoms with Crippen LogP contribution in [0.15, 0.2) is 109 Å². The van der Waals surface area contributed by atoms with E-state index in [4.69, 9.17) is 16.2 Å². The Morgan fingerprint density at radius 3 is 2.44 bits per heavy atom. The van der Waals surface area contributed by atoms with Crippen molar-refractivity contribution in [2.45, 2.75) is 24.8 Å². The van der Waals surface area contributed by atoms with Crippen molar-refractivity contribution >= 4 is 55.6 Å². The molecule has 0 bridgehead atoms. The lowest BCUT2D eigenvalue weighted by molar-refractivity contribution is -0.114. The number of fused-ring (bicyclic) bond motifs is 1. The summed E-state index contributed by atoms with van der Waals surface area (Å²) >= 11 is 6.45. The third-order valence-corrected chi connectivity index (χ3v) is 7.41. The molecule has 43 heavy (non-hydrogen) atoms. The van der Waals surface area contributed by atoms with Gasteiger partial charge in [-0.15, -0.1) is 0 Å². The van der Waals surface area contributed by atoms with Crippen LogP contribution in [0.2, 0.25) is 5.02 Å². The fraction of sp³-hybridized carbons (Fsp3) is 0.0938. The lowest BCUT2D eigenvalue weighted by Gasteiger charge is -2.13. The van der Waals surface area contributed by atoms with Gasteiger partial charge >= 0.3 is 0 Å². The predicted octanol–water partition coefficient (Wildman–Crippen LogP) is 7.32. The van der Waals surface area contributed by atoms with E-state index in [-0.39, 0.29) is 22.9 Å². The molecule has 0 fully saturated rings. The Balaban J connectivity index is 0.000000324. The van der Waals surface area contributed by atoms with Crippen LogP contribution in [0, 0.1) is 12.7 Å². The van der Waals surface area contributed by atoms with Crippen molar-refractivity contribution in [3.05, 3.63) is 131 Å². The molecule has 0 aliphatic carbocycles. The predicted molar refractivity (Wildman–Crippen MR) is 168 cm³/mol. The van der Waals surface area contributed by atoms with Gasteiger partial charge in [-0.25, -0.2) is 14.4 Å². The molecule has 8 nitrogen and oxygen atoms in total. The number of aromatic nitrogens is 2. The molecule has 1 aromatic heterocycles. The smallest absolute Gasteiger partial charge is 0.294 e. The molecule has 0 amide bonds. The van der Waals surface area contributed by atoms with Crippen LogP contribution in [0.5, 0.6) is 0 Å². The molecule has 0 saturated carbocycles. The number of ketones is 1. The first-order valence-corrected chi connectivity index (χ1v) is 14.8. The normalized spacial score (nSPS) is 10.9. The van der Waals surface area contributed by atoms with Gasteiger partial charge in [0, 0.05) is 24.0 Å². The fourth-order valence-electron chi connectivity index (χ4n) is 4.01. The first-order chi connectivity index (χ1) is 20.5. The molecule has 5 rings (SSSR count). The number of nitrogens with one attached hydrogen (secondary N) is 2. The maximum atomic E-state index is 13.4. The van der Waals surface area contributed by atoms with Crippen molar-refractivity contribution in [1.82, 2.24) is 9.97 Å². The highest BCUT2D eigenvalue weighted by atomic mass is 35.5. The summed E-state index contributed by atoms with van der Waals surface area (Å²) in [6.45, 7) is 5.81. The number of benzene rings is 4. The van der Waals surface area contributed by atoms with Gasteiger partial charge in [0.2, 0.25) is 0 Å². The zero-order valence-corrected chi connectivity index (χ0v) is 24.7. The lowest BCUT2D eigenvalue weighted by Crippen LogP contribution is -2.02. The van der Waals surface area contributed by atoms with Gasteiger partial charge < -0.3 is 10.6 Å². The summed E-state index contributed by atoms with van der Waals surface area (Å²) < 4.78 is 42.9. The molecular formula is C32H28ClFN4O4S. The number of hydrogen-bond acceptors (Lipinski definition) is 7. The number of carbonyl (C=O) groups is 1. The van der Waals surface area contributed by atoms with Gasteiger partial charge in [0.1, 0.15) is 18.0 Å². The van der Waals surface area contributed by atoms with E-state index < -0.39 is 10.1 Å². The van der Waals surface area contributed by atoms with Crippen molar-refractivity contribution < 1.29 is 22.2 Å². The van der Waals surface area contributed by atoms with Crippen molar-refractivity contribution in [1.29, 1.82) is 0 Å². The van der Waals surface area contributed by atoms with Gasteiger partial charge in [-0.05, 0) is 78.7 Å². The molecule has 0 spiro atoms. The van der Waals surface area contributed by atoms with Crippen LogP contribution in [0.1, 0.15) is 16.7 Å². The molecule has 3 N–H and O–H groups in total. The van der Waals surface area contributed by atoms with E-state index in [2.05, 4.69) is 27.2 Å². The maximum absolute atomic E-state index is 13.4. The minimum absolute atomic E-state index is 0.0520. The van der Waals surface area contributed by atoms with E-state index in [0.29, 0.717) is 17.4 Å². The Labute approximate surface area is 254 Å². The fourth-order valence-corrected chi connectivity index (χ4v) is 4.74. The molecule has 220 valence electrons. The number of allylic oxidation sites excluding steroid dienone is 1. The number of carbonyl (C=O) groups excluding carboxylic acids is 1. The van der Waals surface area contributed by atoms with Crippen LogP contribution in [0.3, 0.4) is 0 Å². The topological polar surface area (TPSA) is 121 Å². The van der Waals surface area contributed by atoms with Crippen LogP contribution >= 0.6 is 11.6 Å². The summed E-state index contributed by atoms with van der Waals surface area (Å²) in [5.41, 5.74) is 4.88. The molecule has 0 atom stereocenters. The van der Waals surface area contributed by atoms with Crippen LogP contribution in [-0.4, -0.2) is 28.7 Å². The zero-order chi connectivity index (χ0) is 31.0. The molecule has 5 aromatic rings. The second-order valence-electron chi connectivity index (χ2n) is 9.51. The summed E-state index contributed by atoms with van der Waals surface area (Å²) in [6, 6.07) is 23.5. The summed E-state index contributed by atoms with van der Waals surface area (Å²) in [5, 5.41) is 7.80. The Kier molecular flexibility index (Phi) is 10.2. The monoisotopic (exact) mass is 618 g/mol. The van der Waals surface area contributed by atoms with Crippen LogP contribution in [0.4, 0.5) is 21.6 Å². The van der Waals surface area contributed by atoms with E-state index >= 15 is 0 Å². The Hall–Kier alpha value is -4.64. The number of halogens is 2. The Bertz CT molecular complexity index is 1880. The lowest BCUT2D eigenvalue weighted by atomic mass is 10.1. The van der Waals surface area contributed by atoms with Gasteiger partial charge in [-0.3, -0.25) is 9.35 Å². The summed E-state index contributed by atoms with van der Waals surface area (Å²) in [7, 11) is -4.02. The first-order valence-electron chi connectivity index (χ1n) is 13.0. The van der Waals surface area contributed by atoms with E-state index in [9.17, 15) is 17.6 Å². The molecular weight excluding hydrogens is 591 g/mol. The molecule has 0 saturated heterocycles. The SMILES string of the molecule is C=CC(=O)Cc1ccc2ncnc(Nc3ccc(NCc4cccc(F)c4)c(Cl)c3)c2c1.Cc1ccc(S(=O)(=O)O)cc1. The van der Waals surface area contributed by atoms with Crippen LogP contribution in [-0.2, 0) is 27.9 Å². The van der Waals surface area contributed by atoms with E-state index in [1.165, 1.54) is 36.7 Å². The van der Waals surface area contributed by atoms with Gasteiger partial charge in [-0.1, -0.05) is 54.1 Å². The highest BCUT2D eigenvalue weighted by Crippen LogP contribution is 2.30. The largest absolute Gasteiger partial charge is 0.380 e. The number of rotatable bonds is 9. The summed E-state index contributed by atoms with van der Waals surface area (Å²) in [6.07, 6.45) is 3.07. The highest BCUT2D eigenvalue weighted by Gasteiger charge is 2.09. The van der Waals surface area contributed by atoms with E-state index in [1.807, 2.05) is 43.3 Å². The molecule has 4 aromatic carbocycles. The van der Waals surface area contributed by atoms with Gasteiger partial charge in [0.05, 0.1) is 21.1 Å². The Morgan fingerprint density at radius 1 is 1.00 bits per heavy atom. The van der Waals surface area contributed by atoms with Crippen LogP contribution < -0.4 is 10.6 Å². The molecule has 0 unspecified atom stereocenters. The van der Waals surface area contributed by atoms with Gasteiger partial charge in [0.25, 0.3) is 10.1 Å². The second kappa shape index (κ2) is 14.0. The molecule has 1 heterocycles.